The van der Waals surface area contributed by atoms with Gasteiger partial charge in [0.2, 0.25) is 5.95 Å². The van der Waals surface area contributed by atoms with Gasteiger partial charge in [-0.25, -0.2) is 4.98 Å². The molecule has 5 rings (SSSR count). The van der Waals surface area contributed by atoms with E-state index < -0.39 is 0 Å². The van der Waals surface area contributed by atoms with Crippen LogP contribution in [0.25, 0.3) is 16.9 Å². The Morgan fingerprint density at radius 3 is 2.84 bits per heavy atom. The highest BCUT2D eigenvalue weighted by atomic mass is 35.5. The third-order valence-corrected chi connectivity index (χ3v) is 5.77. The number of piperidine rings is 1. The van der Waals surface area contributed by atoms with E-state index in [4.69, 9.17) is 22.4 Å². The van der Waals surface area contributed by atoms with Gasteiger partial charge >= 0.3 is 0 Å². The lowest BCUT2D eigenvalue weighted by Crippen LogP contribution is -2.46. The van der Waals surface area contributed by atoms with E-state index in [1.807, 2.05) is 18.2 Å². The van der Waals surface area contributed by atoms with Gasteiger partial charge in [-0.05, 0) is 42.7 Å². The van der Waals surface area contributed by atoms with E-state index in [1.165, 1.54) is 0 Å². The van der Waals surface area contributed by atoms with Crippen molar-refractivity contribution in [2.45, 2.75) is 19.4 Å². The van der Waals surface area contributed by atoms with Gasteiger partial charge in [0.15, 0.2) is 0 Å². The maximum absolute atomic E-state index is 6.32. The molecule has 5 heterocycles. The number of halogens is 1. The third-order valence-electron chi connectivity index (χ3n) is 5.46. The number of nitrogens with zero attached hydrogens (tertiary/aromatic N) is 6. The fourth-order valence-corrected chi connectivity index (χ4v) is 4.36. The molecule has 1 aliphatic rings. The highest BCUT2D eigenvalue weighted by Crippen LogP contribution is 2.31. The fraction of sp³-hybridized carbons (Fsp3) is 0.273. The van der Waals surface area contributed by atoms with Crippen LogP contribution in [0.15, 0.2) is 55.1 Å². The molecule has 0 aliphatic carbocycles. The Morgan fingerprint density at radius 1 is 1.10 bits per heavy atom. The lowest BCUT2D eigenvalue weighted by Gasteiger charge is -2.37. The second-order valence-corrected chi connectivity index (χ2v) is 8.40. The summed E-state index contributed by atoms with van der Waals surface area (Å²) in [5.41, 5.74) is 10.3. The molecule has 4 aromatic rings. The van der Waals surface area contributed by atoms with Crippen molar-refractivity contribution >= 4 is 34.4 Å². The average molecular weight is 435 g/mol. The number of pyridine rings is 2. The fourth-order valence-electron chi connectivity index (χ4n) is 4.14. The van der Waals surface area contributed by atoms with Gasteiger partial charge in [-0.15, -0.1) is 0 Å². The minimum atomic E-state index is 0.157. The minimum absolute atomic E-state index is 0.157. The molecule has 1 aliphatic heterocycles. The lowest BCUT2D eigenvalue weighted by molar-refractivity contribution is 0.402. The minimum Gasteiger partial charge on any atom is -0.368 e. The number of rotatable bonds is 4. The van der Waals surface area contributed by atoms with Crippen molar-refractivity contribution in [1.29, 1.82) is 0 Å². The molecule has 8 nitrogen and oxygen atoms in total. The van der Waals surface area contributed by atoms with Crippen molar-refractivity contribution in [2.75, 3.05) is 23.3 Å². The molecule has 1 saturated heterocycles. The average Bonchev–Trinajstić information content (AvgIpc) is 3.16. The second-order valence-electron chi connectivity index (χ2n) is 7.99. The number of imidazole rings is 1. The second kappa shape index (κ2) is 8.13. The van der Waals surface area contributed by atoms with Crippen molar-refractivity contribution in [3.63, 3.8) is 0 Å². The summed E-state index contributed by atoms with van der Waals surface area (Å²) in [6.07, 6.45) is 8.12. The van der Waals surface area contributed by atoms with Crippen molar-refractivity contribution < 1.29 is 0 Å². The smallest absolute Gasteiger partial charge is 0.229 e. The van der Waals surface area contributed by atoms with E-state index in [9.17, 15) is 0 Å². The molecule has 0 radical (unpaired) electrons. The zero-order chi connectivity index (χ0) is 21.4. The SMILES string of the molecule is C[C@@H]1C[C@H](N)CN(c2ccncc2Nc2ncc3ccc(-c4ncccc4Cl)nn23)C1. The molecule has 0 bridgehead atoms. The maximum atomic E-state index is 6.32. The number of hydrogen-bond acceptors (Lipinski definition) is 7. The van der Waals surface area contributed by atoms with Gasteiger partial charge in [-0.3, -0.25) is 9.97 Å². The number of fused-ring (bicyclic) bond motifs is 1. The van der Waals surface area contributed by atoms with Crippen LogP contribution >= 0.6 is 11.6 Å². The molecule has 158 valence electrons. The van der Waals surface area contributed by atoms with E-state index in [-0.39, 0.29) is 6.04 Å². The molecule has 0 unspecified atom stereocenters. The Hall–Kier alpha value is -3.23. The predicted molar refractivity (Wildman–Crippen MR) is 123 cm³/mol. The summed E-state index contributed by atoms with van der Waals surface area (Å²) in [5, 5.41) is 8.68. The first kappa shape index (κ1) is 19.7. The van der Waals surface area contributed by atoms with E-state index in [2.05, 4.69) is 32.1 Å². The topological polar surface area (TPSA) is 97.3 Å². The Morgan fingerprint density at radius 2 is 2.00 bits per heavy atom. The summed E-state index contributed by atoms with van der Waals surface area (Å²) >= 11 is 6.32. The van der Waals surface area contributed by atoms with Crippen molar-refractivity contribution in [2.24, 2.45) is 11.7 Å². The molecule has 3 N–H and O–H groups in total. The van der Waals surface area contributed by atoms with Crippen LogP contribution in [0.5, 0.6) is 0 Å². The van der Waals surface area contributed by atoms with Crippen LogP contribution < -0.4 is 16.0 Å². The highest BCUT2D eigenvalue weighted by molar-refractivity contribution is 6.32. The zero-order valence-electron chi connectivity index (χ0n) is 17.1. The van der Waals surface area contributed by atoms with Crippen LogP contribution in [0.2, 0.25) is 5.02 Å². The van der Waals surface area contributed by atoms with Crippen LogP contribution in [-0.2, 0) is 0 Å². The summed E-state index contributed by atoms with van der Waals surface area (Å²) in [6.45, 7) is 4.00. The monoisotopic (exact) mass is 434 g/mol. The number of nitrogens with one attached hydrogen (secondary N) is 1. The summed E-state index contributed by atoms with van der Waals surface area (Å²) in [4.78, 5) is 15.5. The Labute approximate surface area is 185 Å². The van der Waals surface area contributed by atoms with Crippen molar-refractivity contribution in [3.05, 3.63) is 60.1 Å². The molecule has 0 amide bonds. The molecule has 31 heavy (non-hydrogen) atoms. The summed E-state index contributed by atoms with van der Waals surface area (Å²) < 4.78 is 1.75. The third kappa shape index (κ3) is 3.92. The molecule has 2 atom stereocenters. The Kier molecular flexibility index (Phi) is 5.17. The van der Waals surface area contributed by atoms with Gasteiger partial charge < -0.3 is 16.0 Å². The van der Waals surface area contributed by atoms with Gasteiger partial charge in [0, 0.05) is 31.5 Å². The molecular weight excluding hydrogens is 412 g/mol. The molecule has 1 fully saturated rings. The predicted octanol–water partition coefficient (Wildman–Crippen LogP) is 3.76. The number of nitrogens with two attached hydrogens (primary N) is 1. The summed E-state index contributed by atoms with van der Waals surface area (Å²) in [6, 6.07) is 9.60. The standard InChI is InChI=1S/C22H23ClN8/c1-14-9-15(24)13-30(12-14)20-6-8-25-11-19(20)28-22-27-10-16-4-5-18(29-31(16)22)21-17(23)3-2-7-26-21/h2-8,10-11,14-15H,9,12-13,24H2,1H3,(H,27,28)/t14-,15+/m1/s1. The lowest BCUT2D eigenvalue weighted by atomic mass is 9.96. The molecule has 0 aromatic carbocycles. The molecule has 0 saturated carbocycles. The normalized spacial score (nSPS) is 19.0. The number of aromatic nitrogens is 5. The molecule has 4 aromatic heterocycles. The Bertz CT molecular complexity index is 1210. The van der Waals surface area contributed by atoms with Crippen LogP contribution in [0.4, 0.5) is 17.3 Å². The Balaban J connectivity index is 1.50. The quantitative estimate of drug-likeness (QED) is 0.504. The van der Waals surface area contributed by atoms with Gasteiger partial charge in [0.25, 0.3) is 0 Å². The van der Waals surface area contributed by atoms with E-state index in [1.54, 1.807) is 41.4 Å². The first-order chi connectivity index (χ1) is 15.1. The highest BCUT2D eigenvalue weighted by Gasteiger charge is 2.24. The van der Waals surface area contributed by atoms with E-state index in [0.717, 1.165) is 36.4 Å². The first-order valence-electron chi connectivity index (χ1n) is 10.3. The largest absolute Gasteiger partial charge is 0.368 e. The first-order valence-corrected chi connectivity index (χ1v) is 10.6. The maximum Gasteiger partial charge on any atom is 0.229 e. The van der Waals surface area contributed by atoms with Crippen LogP contribution in [-0.4, -0.2) is 43.7 Å². The van der Waals surface area contributed by atoms with E-state index in [0.29, 0.717) is 28.3 Å². The summed E-state index contributed by atoms with van der Waals surface area (Å²) in [7, 11) is 0. The van der Waals surface area contributed by atoms with Crippen LogP contribution in [0.1, 0.15) is 13.3 Å². The summed E-state index contributed by atoms with van der Waals surface area (Å²) in [5.74, 6) is 1.12. The molecular formula is C22H23ClN8. The van der Waals surface area contributed by atoms with Gasteiger partial charge in [-0.2, -0.15) is 9.61 Å². The van der Waals surface area contributed by atoms with Crippen molar-refractivity contribution in [1.82, 2.24) is 24.6 Å². The van der Waals surface area contributed by atoms with Crippen molar-refractivity contribution in [3.8, 4) is 11.4 Å². The van der Waals surface area contributed by atoms with Crippen LogP contribution in [0, 0.1) is 5.92 Å². The zero-order valence-corrected chi connectivity index (χ0v) is 17.9. The van der Waals surface area contributed by atoms with Gasteiger partial charge in [0.1, 0.15) is 11.4 Å². The van der Waals surface area contributed by atoms with Gasteiger partial charge in [0.05, 0.1) is 34.3 Å². The van der Waals surface area contributed by atoms with E-state index >= 15 is 0 Å². The van der Waals surface area contributed by atoms with Crippen LogP contribution in [0.3, 0.4) is 0 Å². The number of anilines is 3. The van der Waals surface area contributed by atoms with Gasteiger partial charge in [-0.1, -0.05) is 18.5 Å². The number of hydrogen-bond donors (Lipinski definition) is 2. The molecule has 0 spiro atoms. The molecule has 9 heteroatoms.